The van der Waals surface area contributed by atoms with Gasteiger partial charge in [0.15, 0.2) is 0 Å². The lowest BCUT2D eigenvalue weighted by atomic mass is 10.0. The van der Waals surface area contributed by atoms with Crippen molar-refractivity contribution >= 4 is 5.91 Å². The first-order valence-corrected chi connectivity index (χ1v) is 6.67. The van der Waals surface area contributed by atoms with Crippen molar-refractivity contribution in [1.82, 2.24) is 16.0 Å². The number of halogens is 1. The summed E-state index contributed by atoms with van der Waals surface area (Å²) in [4.78, 5) is 12.1. The van der Waals surface area contributed by atoms with Crippen LogP contribution in [0.5, 0.6) is 0 Å². The van der Waals surface area contributed by atoms with E-state index in [0.29, 0.717) is 17.8 Å². The summed E-state index contributed by atoms with van der Waals surface area (Å²) in [6.45, 7) is 6.77. The molecule has 0 fully saturated rings. The SMILES string of the molecule is CC(C)NC1=C(C(=O)NCC(F)C(C)(C)O)CN[C]=C1. The van der Waals surface area contributed by atoms with Crippen LogP contribution < -0.4 is 16.0 Å². The monoisotopic (exact) mass is 284 g/mol. The summed E-state index contributed by atoms with van der Waals surface area (Å²) in [5.41, 5.74) is -0.297. The van der Waals surface area contributed by atoms with Gasteiger partial charge in [0.2, 0.25) is 0 Å². The Morgan fingerprint density at radius 2 is 2.25 bits per heavy atom. The van der Waals surface area contributed by atoms with Crippen LogP contribution in [0.2, 0.25) is 0 Å². The third-order valence-electron chi connectivity index (χ3n) is 2.84. The Labute approximate surface area is 119 Å². The van der Waals surface area contributed by atoms with Crippen molar-refractivity contribution in [2.45, 2.75) is 45.5 Å². The van der Waals surface area contributed by atoms with E-state index >= 15 is 0 Å². The smallest absolute Gasteiger partial charge is 0.251 e. The zero-order chi connectivity index (χ0) is 15.3. The molecule has 1 aliphatic heterocycles. The molecule has 0 bridgehead atoms. The average Bonchev–Trinajstić information content (AvgIpc) is 2.34. The fourth-order valence-corrected chi connectivity index (χ4v) is 1.63. The second-order valence-electron chi connectivity index (χ2n) is 5.66. The number of amides is 1. The number of carbonyl (C=O) groups is 1. The van der Waals surface area contributed by atoms with E-state index in [1.165, 1.54) is 13.8 Å². The van der Waals surface area contributed by atoms with Crippen LogP contribution in [-0.2, 0) is 4.79 Å². The molecule has 6 heteroatoms. The number of hydrogen-bond donors (Lipinski definition) is 4. The molecular formula is C14H23FN3O2. The third-order valence-corrected chi connectivity index (χ3v) is 2.84. The Morgan fingerprint density at radius 3 is 2.80 bits per heavy atom. The predicted octanol–water partition coefficient (Wildman–Crippen LogP) is 0.384. The van der Waals surface area contributed by atoms with Crippen LogP contribution in [-0.4, -0.2) is 41.9 Å². The molecule has 5 nitrogen and oxygen atoms in total. The van der Waals surface area contributed by atoms with Gasteiger partial charge in [-0.05, 0) is 33.8 Å². The maximum absolute atomic E-state index is 13.6. The zero-order valence-electron chi connectivity index (χ0n) is 12.4. The Balaban J connectivity index is 2.69. The molecule has 0 aromatic heterocycles. The Kier molecular flexibility index (Phi) is 5.56. The highest BCUT2D eigenvalue weighted by molar-refractivity contribution is 5.95. The van der Waals surface area contributed by atoms with Gasteiger partial charge in [0.25, 0.3) is 5.91 Å². The molecule has 1 amide bonds. The maximum Gasteiger partial charge on any atom is 0.251 e. The third kappa shape index (κ3) is 4.85. The van der Waals surface area contributed by atoms with Gasteiger partial charge in [-0.1, -0.05) is 0 Å². The molecule has 1 rings (SSSR count). The van der Waals surface area contributed by atoms with Crippen LogP contribution in [0.4, 0.5) is 4.39 Å². The van der Waals surface area contributed by atoms with E-state index in [-0.39, 0.29) is 18.5 Å². The predicted molar refractivity (Wildman–Crippen MR) is 75.3 cm³/mol. The van der Waals surface area contributed by atoms with Gasteiger partial charge < -0.3 is 21.1 Å². The lowest BCUT2D eigenvalue weighted by molar-refractivity contribution is -0.118. The Bertz CT molecular complexity index is 411. The van der Waals surface area contributed by atoms with Crippen molar-refractivity contribution < 1.29 is 14.3 Å². The lowest BCUT2D eigenvalue weighted by Gasteiger charge is -2.24. The molecule has 0 aromatic carbocycles. The van der Waals surface area contributed by atoms with E-state index in [9.17, 15) is 14.3 Å². The Hall–Kier alpha value is -1.56. The summed E-state index contributed by atoms with van der Waals surface area (Å²) in [7, 11) is 0. The van der Waals surface area contributed by atoms with E-state index < -0.39 is 11.8 Å². The highest BCUT2D eigenvalue weighted by atomic mass is 19.1. The molecular weight excluding hydrogens is 261 g/mol. The van der Waals surface area contributed by atoms with Crippen LogP contribution in [0.3, 0.4) is 0 Å². The summed E-state index contributed by atoms with van der Waals surface area (Å²) < 4.78 is 13.6. The summed E-state index contributed by atoms with van der Waals surface area (Å²) in [6, 6.07) is 0.175. The molecule has 20 heavy (non-hydrogen) atoms. The van der Waals surface area contributed by atoms with Gasteiger partial charge in [-0.3, -0.25) is 4.79 Å². The normalized spacial score (nSPS) is 16.9. The van der Waals surface area contributed by atoms with Gasteiger partial charge in [-0.25, -0.2) is 4.39 Å². The van der Waals surface area contributed by atoms with Crippen LogP contribution in [0.15, 0.2) is 17.3 Å². The van der Waals surface area contributed by atoms with Crippen molar-refractivity contribution in [2.75, 3.05) is 13.1 Å². The molecule has 0 spiro atoms. The number of allylic oxidation sites excluding steroid dienone is 1. The molecule has 1 heterocycles. The fraction of sp³-hybridized carbons (Fsp3) is 0.643. The van der Waals surface area contributed by atoms with Crippen molar-refractivity contribution in [1.29, 1.82) is 0 Å². The fourth-order valence-electron chi connectivity index (χ4n) is 1.63. The number of alkyl halides is 1. The summed E-state index contributed by atoms with van der Waals surface area (Å²) >= 11 is 0. The minimum atomic E-state index is -1.52. The van der Waals surface area contributed by atoms with Gasteiger partial charge in [0.1, 0.15) is 6.17 Å². The van der Waals surface area contributed by atoms with Crippen LogP contribution in [0, 0.1) is 6.20 Å². The van der Waals surface area contributed by atoms with Gasteiger partial charge in [-0.15, -0.1) is 0 Å². The van der Waals surface area contributed by atoms with Crippen LogP contribution in [0.25, 0.3) is 0 Å². The largest absolute Gasteiger partial charge is 0.387 e. The summed E-state index contributed by atoms with van der Waals surface area (Å²) in [5.74, 6) is -0.356. The number of aliphatic hydroxyl groups is 1. The molecule has 0 aromatic rings. The molecule has 113 valence electrons. The number of carbonyl (C=O) groups excluding carboxylic acids is 1. The average molecular weight is 284 g/mol. The lowest BCUT2D eigenvalue weighted by Crippen LogP contribution is -2.44. The van der Waals surface area contributed by atoms with E-state index in [4.69, 9.17) is 0 Å². The Morgan fingerprint density at radius 1 is 1.60 bits per heavy atom. The molecule has 0 saturated carbocycles. The molecule has 4 N–H and O–H groups in total. The zero-order valence-corrected chi connectivity index (χ0v) is 12.4. The van der Waals surface area contributed by atoms with Crippen molar-refractivity contribution in [3.05, 3.63) is 23.5 Å². The van der Waals surface area contributed by atoms with Crippen molar-refractivity contribution in [3.63, 3.8) is 0 Å². The molecule has 1 unspecified atom stereocenters. The van der Waals surface area contributed by atoms with Gasteiger partial charge in [-0.2, -0.15) is 0 Å². The van der Waals surface area contributed by atoms with Crippen molar-refractivity contribution in [2.24, 2.45) is 0 Å². The highest BCUT2D eigenvalue weighted by Crippen LogP contribution is 2.12. The van der Waals surface area contributed by atoms with E-state index in [2.05, 4.69) is 22.2 Å². The maximum atomic E-state index is 13.6. The first-order valence-electron chi connectivity index (χ1n) is 6.67. The van der Waals surface area contributed by atoms with E-state index in [0.717, 1.165) is 0 Å². The van der Waals surface area contributed by atoms with Gasteiger partial charge in [0, 0.05) is 18.3 Å². The number of rotatable bonds is 6. The molecule has 0 aliphatic carbocycles. The standard InChI is InChI=1S/C14H23FN3O2/c1-9(2)18-11-5-6-16-7-10(11)13(19)17-8-12(15)14(3,4)20/h5,9,12,16,18,20H,7-8H2,1-4H3,(H,17,19). The van der Waals surface area contributed by atoms with Crippen LogP contribution in [0.1, 0.15) is 27.7 Å². The second-order valence-corrected chi connectivity index (χ2v) is 5.66. The van der Waals surface area contributed by atoms with E-state index in [1.54, 1.807) is 6.08 Å². The number of hydrogen-bond acceptors (Lipinski definition) is 4. The summed E-state index contributed by atoms with van der Waals surface area (Å²) in [6.07, 6.45) is 2.96. The van der Waals surface area contributed by atoms with Gasteiger partial charge >= 0.3 is 0 Å². The summed E-state index contributed by atoms with van der Waals surface area (Å²) in [5, 5.41) is 18.0. The minimum absolute atomic E-state index is 0.175. The number of nitrogens with one attached hydrogen (secondary N) is 3. The van der Waals surface area contributed by atoms with Gasteiger partial charge in [0.05, 0.1) is 23.9 Å². The first kappa shape index (κ1) is 16.5. The molecule has 1 atom stereocenters. The van der Waals surface area contributed by atoms with Crippen molar-refractivity contribution in [3.8, 4) is 0 Å². The quantitative estimate of drug-likeness (QED) is 0.569. The number of dihydropyridines is 1. The first-order chi connectivity index (χ1) is 9.21. The molecule has 1 aliphatic rings. The van der Waals surface area contributed by atoms with E-state index in [1.807, 2.05) is 13.8 Å². The molecule has 1 radical (unpaired) electrons. The topological polar surface area (TPSA) is 73.4 Å². The molecule has 0 saturated heterocycles. The highest BCUT2D eigenvalue weighted by Gasteiger charge is 2.27. The van der Waals surface area contributed by atoms with Crippen LogP contribution >= 0.6 is 0 Å². The second kappa shape index (κ2) is 6.74. The minimum Gasteiger partial charge on any atom is -0.387 e.